The largest absolute Gasteiger partial charge is 0.352 e. The Labute approximate surface area is 90.9 Å². The lowest BCUT2D eigenvalue weighted by Gasteiger charge is -2.20. The monoisotopic (exact) mass is 209 g/mol. The SMILES string of the molecule is C=C(C)C(=O)NCCC1CCCCC1=O. The summed E-state index contributed by atoms with van der Waals surface area (Å²) >= 11 is 0. The number of Topliss-reactive ketones (excluding diaryl/α,β-unsaturated/α-hetero) is 1. The third-order valence-electron chi connectivity index (χ3n) is 2.85. The van der Waals surface area contributed by atoms with Crippen LogP contribution in [0.1, 0.15) is 39.0 Å². The van der Waals surface area contributed by atoms with Crippen LogP contribution in [0.3, 0.4) is 0 Å². The number of ketones is 1. The molecule has 0 aromatic carbocycles. The van der Waals surface area contributed by atoms with E-state index in [1.165, 1.54) is 0 Å². The maximum atomic E-state index is 11.5. The highest BCUT2D eigenvalue weighted by Gasteiger charge is 2.21. The Morgan fingerprint density at radius 1 is 1.53 bits per heavy atom. The van der Waals surface area contributed by atoms with E-state index in [1.807, 2.05) is 0 Å². The summed E-state index contributed by atoms with van der Waals surface area (Å²) in [6.45, 7) is 5.82. The maximum absolute atomic E-state index is 11.5. The number of carbonyl (C=O) groups is 2. The third kappa shape index (κ3) is 3.86. The molecule has 1 fully saturated rings. The van der Waals surface area contributed by atoms with Gasteiger partial charge >= 0.3 is 0 Å². The highest BCUT2D eigenvalue weighted by molar-refractivity contribution is 5.92. The highest BCUT2D eigenvalue weighted by atomic mass is 16.1. The number of hydrogen-bond acceptors (Lipinski definition) is 2. The fourth-order valence-electron chi connectivity index (χ4n) is 1.87. The minimum Gasteiger partial charge on any atom is -0.352 e. The van der Waals surface area contributed by atoms with Crippen molar-refractivity contribution in [3.63, 3.8) is 0 Å². The van der Waals surface area contributed by atoms with Crippen LogP contribution in [0, 0.1) is 5.92 Å². The number of hydrogen-bond donors (Lipinski definition) is 1. The fourth-order valence-corrected chi connectivity index (χ4v) is 1.87. The molecule has 0 aliphatic heterocycles. The first-order valence-electron chi connectivity index (χ1n) is 5.57. The van der Waals surface area contributed by atoms with Gasteiger partial charge in [-0.05, 0) is 26.2 Å². The topological polar surface area (TPSA) is 46.2 Å². The summed E-state index contributed by atoms with van der Waals surface area (Å²) < 4.78 is 0. The van der Waals surface area contributed by atoms with E-state index in [1.54, 1.807) is 6.92 Å². The molecule has 1 unspecified atom stereocenters. The maximum Gasteiger partial charge on any atom is 0.246 e. The van der Waals surface area contributed by atoms with Crippen LogP contribution in [0.2, 0.25) is 0 Å². The van der Waals surface area contributed by atoms with Crippen LogP contribution < -0.4 is 5.32 Å². The van der Waals surface area contributed by atoms with E-state index < -0.39 is 0 Å². The van der Waals surface area contributed by atoms with Gasteiger partial charge < -0.3 is 5.32 Å². The second kappa shape index (κ2) is 5.69. The van der Waals surface area contributed by atoms with Gasteiger partial charge in [0.1, 0.15) is 5.78 Å². The summed E-state index contributed by atoms with van der Waals surface area (Å²) in [5.41, 5.74) is 0.518. The van der Waals surface area contributed by atoms with Gasteiger partial charge in [-0.3, -0.25) is 9.59 Å². The molecule has 0 saturated heterocycles. The van der Waals surface area contributed by atoms with Crippen molar-refractivity contribution in [3.05, 3.63) is 12.2 Å². The van der Waals surface area contributed by atoms with Gasteiger partial charge in [0.15, 0.2) is 0 Å². The molecule has 0 aromatic rings. The van der Waals surface area contributed by atoms with Crippen LogP contribution in [-0.2, 0) is 9.59 Å². The van der Waals surface area contributed by atoms with Gasteiger partial charge in [0.05, 0.1) is 0 Å². The first kappa shape index (κ1) is 12.0. The second-order valence-electron chi connectivity index (χ2n) is 4.23. The van der Waals surface area contributed by atoms with Crippen LogP contribution in [0.4, 0.5) is 0 Å². The average molecular weight is 209 g/mol. The molecule has 1 N–H and O–H groups in total. The van der Waals surface area contributed by atoms with E-state index in [-0.39, 0.29) is 11.8 Å². The van der Waals surface area contributed by atoms with Gasteiger partial charge in [-0.15, -0.1) is 0 Å². The Kier molecular flexibility index (Phi) is 4.53. The molecule has 0 aromatic heterocycles. The first-order valence-corrected chi connectivity index (χ1v) is 5.57. The summed E-state index contributed by atoms with van der Waals surface area (Å²) in [5.74, 6) is 0.424. The van der Waals surface area contributed by atoms with Crippen molar-refractivity contribution in [1.82, 2.24) is 5.32 Å². The van der Waals surface area contributed by atoms with Crippen molar-refractivity contribution < 1.29 is 9.59 Å². The average Bonchev–Trinajstić information content (AvgIpc) is 2.20. The lowest BCUT2D eigenvalue weighted by Crippen LogP contribution is -2.29. The quantitative estimate of drug-likeness (QED) is 0.718. The van der Waals surface area contributed by atoms with Crippen LogP contribution in [-0.4, -0.2) is 18.2 Å². The number of carbonyl (C=O) groups excluding carboxylic acids is 2. The molecule has 15 heavy (non-hydrogen) atoms. The van der Waals surface area contributed by atoms with Gasteiger partial charge in [0, 0.05) is 24.5 Å². The summed E-state index contributed by atoms with van der Waals surface area (Å²) in [5, 5.41) is 2.76. The van der Waals surface area contributed by atoms with Crippen LogP contribution in [0.25, 0.3) is 0 Å². The predicted molar refractivity (Wildman–Crippen MR) is 59.4 cm³/mol. The van der Waals surface area contributed by atoms with Gasteiger partial charge in [-0.2, -0.15) is 0 Å². The summed E-state index contributed by atoms with van der Waals surface area (Å²) in [6, 6.07) is 0. The van der Waals surface area contributed by atoms with Crippen molar-refractivity contribution in [3.8, 4) is 0 Å². The van der Waals surface area contributed by atoms with Crippen molar-refractivity contribution in [2.75, 3.05) is 6.54 Å². The molecular weight excluding hydrogens is 190 g/mol. The number of amides is 1. The van der Waals surface area contributed by atoms with Gasteiger partial charge in [-0.25, -0.2) is 0 Å². The Hall–Kier alpha value is -1.12. The van der Waals surface area contributed by atoms with Crippen LogP contribution >= 0.6 is 0 Å². The third-order valence-corrected chi connectivity index (χ3v) is 2.85. The van der Waals surface area contributed by atoms with Gasteiger partial charge in [0.25, 0.3) is 0 Å². The van der Waals surface area contributed by atoms with E-state index in [9.17, 15) is 9.59 Å². The Morgan fingerprint density at radius 2 is 2.27 bits per heavy atom. The lowest BCUT2D eigenvalue weighted by atomic mass is 9.86. The standard InChI is InChI=1S/C12H19NO2/c1-9(2)12(15)13-8-7-10-5-3-4-6-11(10)14/h10H,1,3-8H2,2H3,(H,13,15). The lowest BCUT2D eigenvalue weighted by molar-refractivity contribution is -0.125. The molecule has 3 nitrogen and oxygen atoms in total. The Balaban J connectivity index is 2.22. The minimum atomic E-state index is -0.113. The molecule has 1 atom stereocenters. The number of rotatable bonds is 4. The van der Waals surface area contributed by atoms with Crippen molar-refractivity contribution in [2.24, 2.45) is 5.92 Å². The molecule has 84 valence electrons. The Morgan fingerprint density at radius 3 is 2.87 bits per heavy atom. The number of nitrogens with one attached hydrogen (secondary N) is 1. The molecule has 1 aliphatic rings. The van der Waals surface area contributed by atoms with Gasteiger partial charge in [0.2, 0.25) is 5.91 Å². The molecule has 1 rings (SSSR count). The van der Waals surface area contributed by atoms with Crippen LogP contribution in [0.5, 0.6) is 0 Å². The molecular formula is C12H19NO2. The zero-order valence-corrected chi connectivity index (χ0v) is 9.34. The molecule has 0 spiro atoms. The van der Waals surface area contributed by atoms with E-state index >= 15 is 0 Å². The zero-order valence-electron chi connectivity index (χ0n) is 9.34. The van der Waals surface area contributed by atoms with Gasteiger partial charge in [-0.1, -0.05) is 13.0 Å². The van der Waals surface area contributed by atoms with Crippen molar-refractivity contribution in [2.45, 2.75) is 39.0 Å². The smallest absolute Gasteiger partial charge is 0.246 e. The van der Waals surface area contributed by atoms with E-state index in [0.717, 1.165) is 32.1 Å². The molecule has 1 aliphatic carbocycles. The molecule has 3 heteroatoms. The second-order valence-corrected chi connectivity index (χ2v) is 4.23. The van der Waals surface area contributed by atoms with Crippen molar-refractivity contribution in [1.29, 1.82) is 0 Å². The molecule has 1 saturated carbocycles. The van der Waals surface area contributed by atoms with E-state index in [0.29, 0.717) is 17.9 Å². The highest BCUT2D eigenvalue weighted by Crippen LogP contribution is 2.22. The first-order chi connectivity index (χ1) is 7.11. The predicted octanol–water partition coefficient (Wildman–Crippen LogP) is 1.83. The normalized spacial score (nSPS) is 21.1. The summed E-state index contributed by atoms with van der Waals surface area (Å²) in [6.07, 6.45) is 4.66. The van der Waals surface area contributed by atoms with Crippen LogP contribution in [0.15, 0.2) is 12.2 Å². The molecule has 0 radical (unpaired) electrons. The van der Waals surface area contributed by atoms with E-state index in [2.05, 4.69) is 11.9 Å². The molecule has 0 bridgehead atoms. The molecule has 0 heterocycles. The Bertz CT molecular complexity index is 271. The van der Waals surface area contributed by atoms with Crippen molar-refractivity contribution >= 4 is 11.7 Å². The fraction of sp³-hybridized carbons (Fsp3) is 0.667. The summed E-state index contributed by atoms with van der Waals surface area (Å²) in [7, 11) is 0. The molecule has 1 amide bonds. The van der Waals surface area contributed by atoms with E-state index in [4.69, 9.17) is 0 Å². The zero-order chi connectivity index (χ0) is 11.3. The summed E-state index contributed by atoms with van der Waals surface area (Å²) in [4.78, 5) is 22.6. The minimum absolute atomic E-state index is 0.113.